The number of carbonyl (C=O) groups excluding carboxylic acids is 1. The molecule has 4 nitrogen and oxygen atoms in total. The lowest BCUT2D eigenvalue weighted by molar-refractivity contribution is 0.0342. The van der Waals surface area contributed by atoms with Gasteiger partial charge < -0.3 is 10.1 Å². The Morgan fingerprint density at radius 1 is 1.09 bits per heavy atom. The Labute approximate surface area is 134 Å². The van der Waals surface area contributed by atoms with Crippen LogP contribution in [0.3, 0.4) is 0 Å². The summed E-state index contributed by atoms with van der Waals surface area (Å²) in [5.74, 6) is -0.752. The quantitative estimate of drug-likeness (QED) is 0.943. The maximum absolute atomic E-state index is 13.6. The van der Waals surface area contributed by atoms with E-state index < -0.39 is 5.82 Å². The van der Waals surface area contributed by atoms with E-state index in [9.17, 15) is 9.18 Å². The molecule has 2 aromatic carbocycles. The SMILES string of the molecule is O=C(Nc1ccccc1F)c1ccc(CN2CCOCC2)cc1. The summed E-state index contributed by atoms with van der Waals surface area (Å²) in [7, 11) is 0. The Hall–Kier alpha value is -2.24. The average molecular weight is 314 g/mol. The van der Waals surface area contributed by atoms with Crippen molar-refractivity contribution in [1.82, 2.24) is 4.90 Å². The van der Waals surface area contributed by atoms with E-state index in [2.05, 4.69) is 10.2 Å². The second-order valence-corrected chi connectivity index (χ2v) is 5.52. The van der Waals surface area contributed by atoms with Gasteiger partial charge in [-0.05, 0) is 29.8 Å². The van der Waals surface area contributed by atoms with Crippen LogP contribution in [-0.2, 0) is 11.3 Å². The van der Waals surface area contributed by atoms with Crippen LogP contribution in [0.5, 0.6) is 0 Å². The minimum atomic E-state index is -0.440. The molecule has 0 saturated carbocycles. The molecule has 1 aliphatic heterocycles. The van der Waals surface area contributed by atoms with Crippen molar-refractivity contribution in [3.05, 3.63) is 65.5 Å². The van der Waals surface area contributed by atoms with Gasteiger partial charge in [0.25, 0.3) is 5.91 Å². The van der Waals surface area contributed by atoms with Gasteiger partial charge in [-0.15, -0.1) is 0 Å². The van der Waals surface area contributed by atoms with E-state index >= 15 is 0 Å². The highest BCUT2D eigenvalue weighted by molar-refractivity contribution is 6.04. The fourth-order valence-electron chi connectivity index (χ4n) is 2.54. The number of benzene rings is 2. The van der Waals surface area contributed by atoms with Crippen LogP contribution in [-0.4, -0.2) is 37.1 Å². The molecule has 0 bridgehead atoms. The first-order valence-electron chi connectivity index (χ1n) is 7.67. The van der Waals surface area contributed by atoms with Gasteiger partial charge in [0.1, 0.15) is 5.82 Å². The molecular formula is C18H19FN2O2. The molecule has 0 aromatic heterocycles. The molecule has 5 heteroatoms. The van der Waals surface area contributed by atoms with Crippen LogP contribution in [0.2, 0.25) is 0 Å². The van der Waals surface area contributed by atoms with E-state index in [0.717, 1.165) is 38.4 Å². The first kappa shape index (κ1) is 15.6. The molecule has 2 aromatic rings. The zero-order valence-corrected chi connectivity index (χ0v) is 12.8. The van der Waals surface area contributed by atoms with Crippen molar-refractivity contribution in [3.8, 4) is 0 Å². The fourth-order valence-corrected chi connectivity index (χ4v) is 2.54. The minimum absolute atomic E-state index is 0.190. The van der Waals surface area contributed by atoms with Crippen LogP contribution in [0.15, 0.2) is 48.5 Å². The van der Waals surface area contributed by atoms with Crippen LogP contribution in [0.25, 0.3) is 0 Å². The summed E-state index contributed by atoms with van der Waals surface area (Å²) < 4.78 is 18.9. The summed E-state index contributed by atoms with van der Waals surface area (Å²) in [6.07, 6.45) is 0. The van der Waals surface area contributed by atoms with Crippen molar-refractivity contribution in [2.45, 2.75) is 6.54 Å². The van der Waals surface area contributed by atoms with Gasteiger partial charge in [-0.25, -0.2) is 4.39 Å². The third-order valence-corrected chi connectivity index (χ3v) is 3.85. The van der Waals surface area contributed by atoms with Crippen molar-refractivity contribution in [1.29, 1.82) is 0 Å². The second kappa shape index (κ2) is 7.35. The topological polar surface area (TPSA) is 41.6 Å². The van der Waals surface area contributed by atoms with Crippen LogP contribution in [0.1, 0.15) is 15.9 Å². The Morgan fingerprint density at radius 3 is 2.48 bits per heavy atom. The third kappa shape index (κ3) is 4.15. The maximum Gasteiger partial charge on any atom is 0.255 e. The largest absolute Gasteiger partial charge is 0.379 e. The van der Waals surface area contributed by atoms with Crippen molar-refractivity contribution in [3.63, 3.8) is 0 Å². The van der Waals surface area contributed by atoms with Crippen molar-refractivity contribution in [2.24, 2.45) is 0 Å². The normalized spacial score (nSPS) is 15.3. The third-order valence-electron chi connectivity index (χ3n) is 3.85. The lowest BCUT2D eigenvalue weighted by Crippen LogP contribution is -2.35. The number of hydrogen-bond acceptors (Lipinski definition) is 3. The van der Waals surface area contributed by atoms with E-state index in [1.54, 1.807) is 30.3 Å². The average Bonchev–Trinajstić information content (AvgIpc) is 2.58. The molecule has 1 amide bonds. The van der Waals surface area contributed by atoms with E-state index in [-0.39, 0.29) is 11.6 Å². The van der Waals surface area contributed by atoms with Gasteiger partial charge in [0, 0.05) is 25.2 Å². The van der Waals surface area contributed by atoms with Crippen LogP contribution in [0.4, 0.5) is 10.1 Å². The molecule has 0 unspecified atom stereocenters. The molecule has 120 valence electrons. The summed E-state index contributed by atoms with van der Waals surface area (Å²) in [6, 6.07) is 13.5. The molecule has 0 radical (unpaired) electrons. The Bertz CT molecular complexity index is 667. The zero-order valence-electron chi connectivity index (χ0n) is 12.8. The standard InChI is InChI=1S/C18H19FN2O2/c19-16-3-1-2-4-17(16)20-18(22)15-7-5-14(6-8-15)13-21-9-11-23-12-10-21/h1-8H,9-13H2,(H,20,22). The predicted molar refractivity (Wildman–Crippen MR) is 86.9 cm³/mol. The summed E-state index contributed by atoms with van der Waals surface area (Å²) in [5, 5.41) is 2.59. The molecular weight excluding hydrogens is 295 g/mol. The number of nitrogens with zero attached hydrogens (tertiary/aromatic N) is 1. The van der Waals surface area contributed by atoms with Gasteiger partial charge in [0.2, 0.25) is 0 Å². The van der Waals surface area contributed by atoms with E-state index in [0.29, 0.717) is 5.56 Å². The number of morpholine rings is 1. The summed E-state index contributed by atoms with van der Waals surface area (Å²) in [4.78, 5) is 14.5. The number of ether oxygens (including phenoxy) is 1. The van der Waals surface area contributed by atoms with E-state index in [1.165, 1.54) is 6.07 Å². The van der Waals surface area contributed by atoms with Crippen molar-refractivity contribution < 1.29 is 13.9 Å². The molecule has 3 rings (SSSR count). The lowest BCUT2D eigenvalue weighted by atomic mass is 10.1. The van der Waals surface area contributed by atoms with Gasteiger partial charge in [0.15, 0.2) is 0 Å². The number of rotatable bonds is 4. The second-order valence-electron chi connectivity index (χ2n) is 5.52. The molecule has 0 aliphatic carbocycles. The first-order valence-corrected chi connectivity index (χ1v) is 7.67. The molecule has 1 aliphatic rings. The highest BCUT2D eigenvalue weighted by atomic mass is 19.1. The van der Waals surface area contributed by atoms with Crippen LogP contribution >= 0.6 is 0 Å². The Morgan fingerprint density at radius 2 is 1.78 bits per heavy atom. The van der Waals surface area contributed by atoms with E-state index in [4.69, 9.17) is 4.74 Å². The first-order chi connectivity index (χ1) is 11.2. The van der Waals surface area contributed by atoms with Crippen LogP contribution in [0, 0.1) is 5.82 Å². The molecule has 0 spiro atoms. The molecule has 0 atom stereocenters. The summed E-state index contributed by atoms with van der Waals surface area (Å²) in [5.41, 5.74) is 1.85. The predicted octanol–water partition coefficient (Wildman–Crippen LogP) is 2.91. The molecule has 23 heavy (non-hydrogen) atoms. The number of para-hydroxylation sites is 1. The fraction of sp³-hybridized carbons (Fsp3) is 0.278. The minimum Gasteiger partial charge on any atom is -0.379 e. The number of carbonyl (C=O) groups is 1. The molecule has 1 fully saturated rings. The smallest absolute Gasteiger partial charge is 0.255 e. The van der Waals surface area contributed by atoms with Gasteiger partial charge in [0.05, 0.1) is 18.9 Å². The Kier molecular flexibility index (Phi) is 5.00. The molecule has 1 heterocycles. The highest BCUT2D eigenvalue weighted by Gasteiger charge is 2.12. The Balaban J connectivity index is 1.62. The number of amides is 1. The van der Waals surface area contributed by atoms with Gasteiger partial charge >= 0.3 is 0 Å². The number of hydrogen-bond donors (Lipinski definition) is 1. The molecule has 1 saturated heterocycles. The summed E-state index contributed by atoms with van der Waals surface area (Å²) >= 11 is 0. The number of nitrogens with one attached hydrogen (secondary N) is 1. The molecule has 1 N–H and O–H groups in total. The zero-order chi connectivity index (χ0) is 16.1. The van der Waals surface area contributed by atoms with Gasteiger partial charge in [-0.1, -0.05) is 24.3 Å². The lowest BCUT2D eigenvalue weighted by Gasteiger charge is -2.26. The van der Waals surface area contributed by atoms with Crippen LogP contribution < -0.4 is 5.32 Å². The summed E-state index contributed by atoms with van der Waals surface area (Å²) in [6.45, 7) is 4.23. The highest BCUT2D eigenvalue weighted by Crippen LogP contribution is 2.15. The van der Waals surface area contributed by atoms with E-state index in [1.807, 2.05) is 12.1 Å². The monoisotopic (exact) mass is 314 g/mol. The van der Waals surface area contributed by atoms with Gasteiger partial charge in [-0.2, -0.15) is 0 Å². The van der Waals surface area contributed by atoms with Crippen molar-refractivity contribution in [2.75, 3.05) is 31.6 Å². The van der Waals surface area contributed by atoms with Gasteiger partial charge in [-0.3, -0.25) is 9.69 Å². The number of halogens is 1. The maximum atomic E-state index is 13.6. The van der Waals surface area contributed by atoms with Crippen molar-refractivity contribution >= 4 is 11.6 Å². The number of anilines is 1.